The summed E-state index contributed by atoms with van der Waals surface area (Å²) in [5.41, 5.74) is 1.27. The summed E-state index contributed by atoms with van der Waals surface area (Å²) in [6, 6.07) is 11.2. The van der Waals surface area contributed by atoms with Crippen molar-refractivity contribution in [2.75, 3.05) is 5.32 Å². The summed E-state index contributed by atoms with van der Waals surface area (Å²) in [5.74, 6) is 1.60. The number of benzene rings is 1. The first-order valence-electron chi connectivity index (χ1n) is 6.09. The molecule has 1 saturated carbocycles. The Balaban J connectivity index is 2.03. The fourth-order valence-electron chi connectivity index (χ4n) is 2.69. The average molecular weight is 203 g/mol. The van der Waals surface area contributed by atoms with Crippen molar-refractivity contribution in [3.05, 3.63) is 30.3 Å². The van der Waals surface area contributed by atoms with Crippen molar-refractivity contribution < 1.29 is 0 Å². The molecule has 0 aromatic heterocycles. The molecule has 2 rings (SSSR count). The molecule has 0 radical (unpaired) electrons. The maximum Gasteiger partial charge on any atom is 0.0342 e. The SMILES string of the molecule is CC1CCCC(C)C1Nc1ccccc1. The minimum Gasteiger partial charge on any atom is -0.382 e. The van der Waals surface area contributed by atoms with Gasteiger partial charge < -0.3 is 5.32 Å². The van der Waals surface area contributed by atoms with Crippen LogP contribution in [0.3, 0.4) is 0 Å². The molecule has 2 unspecified atom stereocenters. The number of anilines is 1. The largest absolute Gasteiger partial charge is 0.382 e. The zero-order valence-electron chi connectivity index (χ0n) is 9.74. The minimum atomic E-state index is 0.654. The van der Waals surface area contributed by atoms with Gasteiger partial charge in [-0.05, 0) is 36.8 Å². The average Bonchev–Trinajstić information content (AvgIpc) is 2.25. The van der Waals surface area contributed by atoms with Crippen molar-refractivity contribution in [3.63, 3.8) is 0 Å². The molecule has 0 heterocycles. The van der Waals surface area contributed by atoms with E-state index in [1.54, 1.807) is 0 Å². The Labute approximate surface area is 92.9 Å². The summed E-state index contributed by atoms with van der Waals surface area (Å²) < 4.78 is 0. The topological polar surface area (TPSA) is 12.0 Å². The Hall–Kier alpha value is -0.980. The maximum atomic E-state index is 3.68. The van der Waals surface area contributed by atoms with Crippen molar-refractivity contribution in [2.24, 2.45) is 11.8 Å². The summed E-state index contributed by atoms with van der Waals surface area (Å²) in [7, 11) is 0. The molecule has 1 heteroatoms. The van der Waals surface area contributed by atoms with Crippen molar-refractivity contribution in [2.45, 2.75) is 39.2 Å². The molecule has 0 amide bonds. The van der Waals surface area contributed by atoms with E-state index in [2.05, 4.69) is 49.5 Å². The minimum absolute atomic E-state index is 0.654. The molecule has 1 aromatic carbocycles. The van der Waals surface area contributed by atoms with Crippen LogP contribution < -0.4 is 5.32 Å². The van der Waals surface area contributed by atoms with Gasteiger partial charge in [0.2, 0.25) is 0 Å². The molecule has 1 aliphatic rings. The van der Waals surface area contributed by atoms with Crippen LogP contribution in [0.1, 0.15) is 33.1 Å². The van der Waals surface area contributed by atoms with E-state index in [9.17, 15) is 0 Å². The quantitative estimate of drug-likeness (QED) is 0.768. The van der Waals surface area contributed by atoms with Gasteiger partial charge in [0.05, 0.1) is 0 Å². The van der Waals surface area contributed by atoms with E-state index in [0.717, 1.165) is 11.8 Å². The number of rotatable bonds is 2. The Bertz CT molecular complexity index is 283. The van der Waals surface area contributed by atoms with Gasteiger partial charge >= 0.3 is 0 Å². The van der Waals surface area contributed by atoms with E-state index in [-0.39, 0.29) is 0 Å². The predicted octanol–water partition coefficient (Wildman–Crippen LogP) is 3.92. The highest BCUT2D eigenvalue weighted by Crippen LogP contribution is 2.31. The van der Waals surface area contributed by atoms with Gasteiger partial charge in [-0.1, -0.05) is 38.5 Å². The zero-order valence-corrected chi connectivity index (χ0v) is 9.74. The molecule has 1 fully saturated rings. The Morgan fingerprint density at radius 2 is 1.60 bits per heavy atom. The van der Waals surface area contributed by atoms with Gasteiger partial charge in [-0.25, -0.2) is 0 Å². The lowest BCUT2D eigenvalue weighted by atomic mass is 9.78. The third-order valence-electron chi connectivity index (χ3n) is 3.65. The molecule has 0 bridgehead atoms. The summed E-state index contributed by atoms with van der Waals surface area (Å²) >= 11 is 0. The summed E-state index contributed by atoms with van der Waals surface area (Å²) in [4.78, 5) is 0. The second kappa shape index (κ2) is 4.69. The molecular formula is C14H21N. The smallest absolute Gasteiger partial charge is 0.0342 e. The monoisotopic (exact) mass is 203 g/mol. The molecular weight excluding hydrogens is 182 g/mol. The van der Waals surface area contributed by atoms with Crippen molar-refractivity contribution in [1.29, 1.82) is 0 Å². The first kappa shape index (κ1) is 10.5. The molecule has 1 aromatic rings. The van der Waals surface area contributed by atoms with Crippen LogP contribution in [0.4, 0.5) is 5.69 Å². The second-order valence-corrected chi connectivity index (χ2v) is 4.92. The Morgan fingerprint density at radius 3 is 2.20 bits per heavy atom. The molecule has 1 nitrogen and oxygen atoms in total. The third-order valence-corrected chi connectivity index (χ3v) is 3.65. The van der Waals surface area contributed by atoms with Crippen LogP contribution in [-0.4, -0.2) is 6.04 Å². The van der Waals surface area contributed by atoms with Crippen LogP contribution in [0.5, 0.6) is 0 Å². The molecule has 0 saturated heterocycles. The lowest BCUT2D eigenvalue weighted by Gasteiger charge is -2.35. The van der Waals surface area contributed by atoms with E-state index in [0.29, 0.717) is 6.04 Å². The summed E-state index contributed by atoms with van der Waals surface area (Å²) in [5, 5.41) is 3.68. The Morgan fingerprint density at radius 1 is 1.00 bits per heavy atom. The van der Waals surface area contributed by atoms with Gasteiger partial charge in [0.15, 0.2) is 0 Å². The normalized spacial score (nSPS) is 31.2. The third kappa shape index (κ3) is 2.53. The molecule has 15 heavy (non-hydrogen) atoms. The van der Waals surface area contributed by atoms with Crippen LogP contribution in [0.15, 0.2) is 30.3 Å². The molecule has 1 N–H and O–H groups in total. The van der Waals surface area contributed by atoms with Gasteiger partial charge in [0.25, 0.3) is 0 Å². The van der Waals surface area contributed by atoms with Crippen molar-refractivity contribution in [1.82, 2.24) is 0 Å². The van der Waals surface area contributed by atoms with Gasteiger partial charge in [-0.15, -0.1) is 0 Å². The number of hydrogen-bond donors (Lipinski definition) is 1. The lowest BCUT2D eigenvalue weighted by Crippen LogP contribution is -2.36. The van der Waals surface area contributed by atoms with Crippen molar-refractivity contribution in [3.8, 4) is 0 Å². The summed E-state index contributed by atoms with van der Waals surface area (Å²) in [6.07, 6.45) is 4.14. The fraction of sp³-hybridized carbons (Fsp3) is 0.571. The van der Waals surface area contributed by atoms with Crippen molar-refractivity contribution >= 4 is 5.69 Å². The molecule has 1 aliphatic carbocycles. The highest BCUT2D eigenvalue weighted by Gasteiger charge is 2.27. The van der Waals surface area contributed by atoms with E-state index in [4.69, 9.17) is 0 Å². The van der Waals surface area contributed by atoms with Crippen LogP contribution in [0, 0.1) is 11.8 Å². The van der Waals surface area contributed by atoms with Gasteiger partial charge in [0, 0.05) is 11.7 Å². The second-order valence-electron chi connectivity index (χ2n) is 4.92. The fourth-order valence-corrected chi connectivity index (χ4v) is 2.69. The zero-order chi connectivity index (χ0) is 10.7. The number of para-hydroxylation sites is 1. The first-order valence-corrected chi connectivity index (χ1v) is 6.09. The highest BCUT2D eigenvalue weighted by molar-refractivity contribution is 5.43. The van der Waals surface area contributed by atoms with E-state index < -0.39 is 0 Å². The van der Waals surface area contributed by atoms with E-state index in [1.165, 1.54) is 24.9 Å². The van der Waals surface area contributed by atoms with Gasteiger partial charge in [-0.3, -0.25) is 0 Å². The van der Waals surface area contributed by atoms with Crippen LogP contribution in [-0.2, 0) is 0 Å². The summed E-state index contributed by atoms with van der Waals surface area (Å²) in [6.45, 7) is 4.74. The van der Waals surface area contributed by atoms with Crippen LogP contribution >= 0.6 is 0 Å². The maximum absolute atomic E-state index is 3.68. The number of hydrogen-bond acceptors (Lipinski definition) is 1. The highest BCUT2D eigenvalue weighted by atomic mass is 14.9. The molecule has 82 valence electrons. The number of nitrogens with one attached hydrogen (secondary N) is 1. The van der Waals surface area contributed by atoms with Crippen LogP contribution in [0.25, 0.3) is 0 Å². The first-order chi connectivity index (χ1) is 7.27. The van der Waals surface area contributed by atoms with E-state index >= 15 is 0 Å². The van der Waals surface area contributed by atoms with Gasteiger partial charge in [-0.2, -0.15) is 0 Å². The van der Waals surface area contributed by atoms with E-state index in [1.807, 2.05) is 0 Å². The molecule has 2 atom stereocenters. The predicted molar refractivity (Wildman–Crippen MR) is 66.0 cm³/mol. The van der Waals surface area contributed by atoms with Crippen LogP contribution in [0.2, 0.25) is 0 Å². The molecule has 0 spiro atoms. The Kier molecular flexibility index (Phi) is 3.30. The molecule has 0 aliphatic heterocycles. The lowest BCUT2D eigenvalue weighted by molar-refractivity contribution is 0.268. The van der Waals surface area contributed by atoms with Gasteiger partial charge in [0.1, 0.15) is 0 Å². The standard InChI is InChI=1S/C14H21N/c1-11-7-6-8-12(2)14(11)15-13-9-4-3-5-10-13/h3-5,9-12,14-15H,6-8H2,1-2H3.